The molecular formula is C21H35IN4OS. The third-order valence-corrected chi connectivity index (χ3v) is 5.47. The second kappa shape index (κ2) is 14.9. The highest BCUT2D eigenvalue weighted by Crippen LogP contribution is 2.09. The van der Waals surface area contributed by atoms with Crippen LogP contribution in [-0.4, -0.2) is 43.1 Å². The van der Waals surface area contributed by atoms with Crippen LogP contribution in [0, 0.1) is 0 Å². The highest BCUT2D eigenvalue weighted by Gasteiger charge is 2.08. The van der Waals surface area contributed by atoms with Gasteiger partial charge in [-0.05, 0) is 63.0 Å². The lowest BCUT2D eigenvalue weighted by Crippen LogP contribution is -2.43. The van der Waals surface area contributed by atoms with Gasteiger partial charge >= 0.3 is 0 Å². The van der Waals surface area contributed by atoms with Gasteiger partial charge in [0.05, 0.1) is 12.8 Å². The molecule has 158 valence electrons. The normalized spacial score (nSPS) is 12.6. The van der Waals surface area contributed by atoms with Crippen LogP contribution >= 0.6 is 35.3 Å². The minimum absolute atomic E-state index is 0. The van der Waals surface area contributed by atoms with E-state index in [0.717, 1.165) is 50.7 Å². The Hall–Kier alpha value is -1.06. The van der Waals surface area contributed by atoms with Crippen molar-refractivity contribution in [1.82, 2.24) is 15.5 Å². The molecular weight excluding hydrogens is 483 g/mol. The van der Waals surface area contributed by atoms with Crippen molar-refractivity contribution in [3.63, 3.8) is 0 Å². The molecule has 0 aliphatic rings. The molecule has 1 atom stereocenters. The highest BCUT2D eigenvalue weighted by atomic mass is 127. The molecule has 0 fully saturated rings. The first kappa shape index (κ1) is 25.0. The van der Waals surface area contributed by atoms with Crippen molar-refractivity contribution in [3.05, 3.63) is 46.5 Å². The first-order chi connectivity index (χ1) is 13.2. The average molecular weight is 519 g/mol. The molecule has 0 spiro atoms. The SMILES string of the molecule is CCN(CC)CCCC(C)NC(=NCc1cccs1)NCCc1ccco1.I. The first-order valence-corrected chi connectivity index (χ1v) is 10.9. The predicted molar refractivity (Wildman–Crippen MR) is 131 cm³/mol. The molecule has 2 N–H and O–H groups in total. The third-order valence-electron chi connectivity index (χ3n) is 4.61. The fourth-order valence-corrected chi connectivity index (χ4v) is 3.57. The number of aliphatic imine (C=N–C) groups is 1. The number of furan rings is 1. The molecule has 5 nitrogen and oxygen atoms in total. The second-order valence-corrected chi connectivity index (χ2v) is 7.75. The van der Waals surface area contributed by atoms with Gasteiger partial charge in [-0.25, -0.2) is 4.99 Å². The number of halogens is 1. The van der Waals surface area contributed by atoms with Crippen molar-refractivity contribution in [1.29, 1.82) is 0 Å². The maximum atomic E-state index is 5.41. The lowest BCUT2D eigenvalue weighted by Gasteiger charge is -2.21. The van der Waals surface area contributed by atoms with Crippen molar-refractivity contribution in [2.24, 2.45) is 4.99 Å². The molecule has 28 heavy (non-hydrogen) atoms. The third kappa shape index (κ3) is 9.93. The summed E-state index contributed by atoms with van der Waals surface area (Å²) >= 11 is 1.74. The highest BCUT2D eigenvalue weighted by molar-refractivity contribution is 14.0. The van der Waals surface area contributed by atoms with Gasteiger partial charge in [-0.15, -0.1) is 35.3 Å². The summed E-state index contributed by atoms with van der Waals surface area (Å²) in [6, 6.07) is 8.52. The summed E-state index contributed by atoms with van der Waals surface area (Å²) in [5.74, 6) is 1.87. The van der Waals surface area contributed by atoms with Crippen LogP contribution in [-0.2, 0) is 13.0 Å². The van der Waals surface area contributed by atoms with Crippen LogP contribution < -0.4 is 10.6 Å². The zero-order valence-electron chi connectivity index (χ0n) is 17.3. The fraction of sp³-hybridized carbons (Fsp3) is 0.571. The van der Waals surface area contributed by atoms with Crippen LogP contribution in [0.3, 0.4) is 0 Å². The van der Waals surface area contributed by atoms with E-state index in [0.29, 0.717) is 12.6 Å². The van der Waals surface area contributed by atoms with Crippen molar-refractivity contribution in [2.45, 2.75) is 52.6 Å². The van der Waals surface area contributed by atoms with Gasteiger partial charge in [-0.2, -0.15) is 0 Å². The lowest BCUT2D eigenvalue weighted by atomic mass is 10.2. The summed E-state index contributed by atoms with van der Waals surface area (Å²) in [5, 5.41) is 9.11. The smallest absolute Gasteiger partial charge is 0.191 e. The molecule has 2 aromatic heterocycles. The topological polar surface area (TPSA) is 52.8 Å². The maximum Gasteiger partial charge on any atom is 0.191 e. The molecule has 0 aromatic carbocycles. The van der Waals surface area contributed by atoms with E-state index < -0.39 is 0 Å². The van der Waals surface area contributed by atoms with Gasteiger partial charge in [0, 0.05) is 23.9 Å². The molecule has 0 saturated heterocycles. The van der Waals surface area contributed by atoms with Gasteiger partial charge in [-0.1, -0.05) is 19.9 Å². The molecule has 7 heteroatoms. The number of guanidine groups is 1. The zero-order chi connectivity index (χ0) is 19.3. The zero-order valence-corrected chi connectivity index (χ0v) is 20.5. The van der Waals surface area contributed by atoms with E-state index in [1.54, 1.807) is 17.6 Å². The van der Waals surface area contributed by atoms with E-state index in [9.17, 15) is 0 Å². The Morgan fingerprint density at radius 2 is 2.07 bits per heavy atom. The van der Waals surface area contributed by atoms with Gasteiger partial charge in [0.1, 0.15) is 5.76 Å². The molecule has 1 unspecified atom stereocenters. The molecule has 2 aromatic rings. The van der Waals surface area contributed by atoms with Crippen LogP contribution in [0.4, 0.5) is 0 Å². The maximum absolute atomic E-state index is 5.41. The van der Waals surface area contributed by atoms with Crippen molar-refractivity contribution < 1.29 is 4.42 Å². The molecule has 0 bridgehead atoms. The van der Waals surface area contributed by atoms with Crippen LogP contribution in [0.5, 0.6) is 0 Å². The summed E-state index contributed by atoms with van der Waals surface area (Å²) < 4.78 is 5.41. The minimum atomic E-state index is 0. The van der Waals surface area contributed by atoms with E-state index in [2.05, 4.69) is 53.8 Å². The van der Waals surface area contributed by atoms with Crippen LogP contribution in [0.25, 0.3) is 0 Å². The summed E-state index contributed by atoms with van der Waals surface area (Å²) in [6.07, 6.45) is 4.90. The summed E-state index contributed by atoms with van der Waals surface area (Å²) in [4.78, 5) is 8.51. The quantitative estimate of drug-likeness (QED) is 0.242. The predicted octanol–water partition coefficient (Wildman–Crippen LogP) is 4.75. The van der Waals surface area contributed by atoms with Gasteiger partial charge < -0.3 is 20.0 Å². The Balaban J connectivity index is 0.00000392. The lowest BCUT2D eigenvalue weighted by molar-refractivity contribution is 0.292. The number of hydrogen-bond acceptors (Lipinski definition) is 4. The van der Waals surface area contributed by atoms with Crippen LogP contribution in [0.15, 0.2) is 45.3 Å². The Morgan fingerprint density at radius 3 is 2.71 bits per heavy atom. The fourth-order valence-electron chi connectivity index (χ4n) is 2.94. The van der Waals surface area contributed by atoms with Gasteiger partial charge in [0.25, 0.3) is 0 Å². The Labute approximate surface area is 191 Å². The summed E-state index contributed by atoms with van der Waals surface area (Å²) in [6.45, 7) is 11.6. The van der Waals surface area contributed by atoms with E-state index in [1.807, 2.05) is 12.1 Å². The molecule has 0 aliphatic heterocycles. The van der Waals surface area contributed by atoms with Gasteiger partial charge in [0.15, 0.2) is 5.96 Å². The van der Waals surface area contributed by atoms with Crippen LogP contribution in [0.2, 0.25) is 0 Å². The van der Waals surface area contributed by atoms with Crippen molar-refractivity contribution in [3.8, 4) is 0 Å². The first-order valence-electron chi connectivity index (χ1n) is 10.0. The Bertz CT molecular complexity index is 627. The van der Waals surface area contributed by atoms with E-state index >= 15 is 0 Å². The molecule has 0 saturated carbocycles. The summed E-state index contributed by atoms with van der Waals surface area (Å²) in [7, 11) is 0. The van der Waals surface area contributed by atoms with Crippen molar-refractivity contribution in [2.75, 3.05) is 26.2 Å². The standard InChI is InChI=1S/C21H34N4OS.HI/c1-4-25(5-2)14-6-9-18(3)24-21(23-17-20-11-8-16-27-20)22-13-12-19-10-7-15-26-19;/h7-8,10-11,15-16,18H,4-6,9,12-14,17H2,1-3H3,(H2,22,23,24);1H. The van der Waals surface area contributed by atoms with E-state index in [-0.39, 0.29) is 24.0 Å². The Morgan fingerprint density at radius 1 is 1.25 bits per heavy atom. The molecule has 0 amide bonds. The molecule has 0 radical (unpaired) electrons. The summed E-state index contributed by atoms with van der Waals surface area (Å²) in [5.41, 5.74) is 0. The van der Waals surface area contributed by atoms with Gasteiger partial charge in [0.2, 0.25) is 0 Å². The number of rotatable bonds is 12. The Kier molecular flexibility index (Phi) is 13.3. The minimum Gasteiger partial charge on any atom is -0.469 e. The van der Waals surface area contributed by atoms with Gasteiger partial charge in [-0.3, -0.25) is 0 Å². The molecule has 0 aliphatic carbocycles. The van der Waals surface area contributed by atoms with E-state index in [4.69, 9.17) is 9.41 Å². The largest absolute Gasteiger partial charge is 0.469 e. The van der Waals surface area contributed by atoms with Crippen LogP contribution in [0.1, 0.15) is 44.3 Å². The number of thiophene rings is 1. The van der Waals surface area contributed by atoms with Crippen molar-refractivity contribution >= 4 is 41.3 Å². The molecule has 2 heterocycles. The molecule has 2 rings (SSSR count). The van der Waals surface area contributed by atoms with E-state index in [1.165, 1.54) is 11.3 Å². The average Bonchev–Trinajstić information content (AvgIpc) is 3.37. The number of nitrogens with zero attached hydrogens (tertiary/aromatic N) is 2. The monoisotopic (exact) mass is 518 g/mol. The number of nitrogens with one attached hydrogen (secondary N) is 2. The second-order valence-electron chi connectivity index (χ2n) is 6.71. The number of hydrogen-bond donors (Lipinski definition) is 2.